The molecule has 0 saturated carbocycles. The molecule has 0 aliphatic carbocycles. The van der Waals surface area contributed by atoms with Gasteiger partial charge in [-0.2, -0.15) is 9.97 Å². The molecule has 184 valence electrons. The second-order valence-corrected chi connectivity index (χ2v) is 13.9. The van der Waals surface area contributed by atoms with Crippen LogP contribution in [-0.4, -0.2) is 68.2 Å². The number of anilines is 1. The third-order valence-corrected chi connectivity index (χ3v) is 9.94. The maximum atomic E-state index is 16.1. The average Bonchev–Trinajstić information content (AvgIpc) is 3.24. The Morgan fingerprint density at radius 3 is 2.91 bits per heavy atom. The van der Waals surface area contributed by atoms with Crippen LogP contribution in [0.4, 0.5) is 10.3 Å². The Bertz CT molecular complexity index is 1070. The Kier molecular flexibility index (Phi) is 6.91. The fourth-order valence-electron chi connectivity index (χ4n) is 3.61. The van der Waals surface area contributed by atoms with Crippen LogP contribution < -0.4 is 15.6 Å². The molecule has 2 aliphatic heterocycles. The van der Waals surface area contributed by atoms with Crippen molar-refractivity contribution in [2.75, 3.05) is 31.7 Å². The number of methoxy groups -OCH3 is 1. The lowest BCUT2D eigenvalue weighted by atomic mass is 9.98. The van der Waals surface area contributed by atoms with Crippen molar-refractivity contribution in [1.29, 1.82) is 0 Å². The summed E-state index contributed by atoms with van der Waals surface area (Å²) in [6.07, 6.45) is -1.67. The van der Waals surface area contributed by atoms with Gasteiger partial charge in [-0.05, 0) is 6.92 Å². The minimum Gasteiger partial charge on any atom is -0.479 e. The van der Waals surface area contributed by atoms with E-state index < -0.39 is 31.9 Å². The topological polar surface area (TPSA) is 136 Å². The van der Waals surface area contributed by atoms with Gasteiger partial charge < -0.3 is 15.2 Å². The van der Waals surface area contributed by atoms with Gasteiger partial charge in [0.05, 0.1) is 20.0 Å². The Labute approximate surface area is 199 Å². The zero-order valence-corrected chi connectivity index (χ0v) is 21.5. The molecule has 1 unspecified atom stereocenters. The van der Waals surface area contributed by atoms with Crippen molar-refractivity contribution in [3.8, 4) is 5.88 Å². The van der Waals surface area contributed by atoms with Crippen LogP contribution in [0.2, 0.25) is 0 Å². The van der Waals surface area contributed by atoms with Gasteiger partial charge in [0, 0.05) is 17.0 Å². The largest absolute Gasteiger partial charge is 0.479 e. The summed E-state index contributed by atoms with van der Waals surface area (Å²) in [6.45, 7) is 7.99. The van der Waals surface area contributed by atoms with Gasteiger partial charge in [0.25, 0.3) is 0 Å². The van der Waals surface area contributed by atoms with Crippen LogP contribution in [0.3, 0.4) is 0 Å². The number of hydrogen-bond acceptors (Lipinski definition) is 11. The lowest BCUT2D eigenvalue weighted by Gasteiger charge is -2.34. The summed E-state index contributed by atoms with van der Waals surface area (Å²) in [5.41, 5.74) is 4.27. The van der Waals surface area contributed by atoms with Crippen LogP contribution in [0, 0.1) is 0 Å². The number of nitrogens with zero attached hydrogens (tertiary/aromatic N) is 4. The van der Waals surface area contributed by atoms with Crippen LogP contribution in [0.25, 0.3) is 11.2 Å². The number of fused-ring (bicyclic) bond motifs is 2. The Morgan fingerprint density at radius 1 is 1.45 bits per heavy atom. The fraction of sp³-hybridized carbons (Fsp3) is 0.722. The highest BCUT2D eigenvalue weighted by Crippen LogP contribution is 2.56. The van der Waals surface area contributed by atoms with Crippen molar-refractivity contribution in [3.63, 3.8) is 0 Å². The van der Waals surface area contributed by atoms with Gasteiger partial charge in [-0.25, -0.2) is 19.0 Å². The fourth-order valence-corrected chi connectivity index (χ4v) is 7.54. The molecule has 2 aliphatic rings. The molecule has 3 N–H and O–H groups in total. The molecule has 2 aromatic rings. The minimum absolute atomic E-state index is 0.0483. The van der Waals surface area contributed by atoms with Gasteiger partial charge in [0.1, 0.15) is 12.2 Å². The normalized spacial score (nSPS) is 32.2. The number of aromatic nitrogens is 4. The highest BCUT2D eigenvalue weighted by atomic mass is 33.1. The van der Waals surface area contributed by atoms with E-state index in [-0.39, 0.29) is 28.8 Å². The second-order valence-electron chi connectivity index (χ2n) is 8.84. The van der Waals surface area contributed by atoms with E-state index >= 15 is 4.39 Å². The number of nitrogens with one attached hydrogen (secondary N) is 1. The number of ether oxygens (including phenoxy) is 2. The van der Waals surface area contributed by atoms with E-state index in [1.54, 1.807) is 21.6 Å². The number of halogens is 1. The van der Waals surface area contributed by atoms with Gasteiger partial charge in [0.15, 0.2) is 23.1 Å². The molecule has 0 aromatic carbocycles. The molecular weight excluding hydrogens is 494 g/mol. The molecule has 4 heterocycles. The second kappa shape index (κ2) is 9.14. The highest BCUT2D eigenvalue weighted by molar-refractivity contribution is 8.77. The van der Waals surface area contributed by atoms with Crippen molar-refractivity contribution in [2.45, 2.75) is 56.5 Å². The summed E-state index contributed by atoms with van der Waals surface area (Å²) in [5.74, 6) is 0.804. The molecular formula is C18H28FN6O5PS2. The van der Waals surface area contributed by atoms with Crippen LogP contribution in [0.5, 0.6) is 5.88 Å². The summed E-state index contributed by atoms with van der Waals surface area (Å²) in [4.78, 5) is 12.4. The molecule has 2 saturated heterocycles. The SMILES string of the molecule is COc1nc(N)nc2c1ncn2[C@@H]1O[C@@H]2COP(=O)(NCCSSC(C)(C)C)O[C@H]2[C@@]1(C)F. The van der Waals surface area contributed by atoms with Crippen LogP contribution in [0.15, 0.2) is 6.33 Å². The molecule has 5 atom stereocenters. The third kappa shape index (κ3) is 5.12. The molecule has 0 amide bonds. The first-order valence-corrected chi connectivity index (χ1v) is 14.2. The summed E-state index contributed by atoms with van der Waals surface area (Å²) in [6, 6.07) is 0. The highest BCUT2D eigenvalue weighted by Gasteiger charge is 2.61. The van der Waals surface area contributed by atoms with Gasteiger partial charge in [-0.15, -0.1) is 0 Å². The predicted octanol–water partition coefficient (Wildman–Crippen LogP) is 3.34. The van der Waals surface area contributed by atoms with Crippen LogP contribution in [0.1, 0.15) is 33.9 Å². The van der Waals surface area contributed by atoms with Gasteiger partial charge in [0.2, 0.25) is 11.8 Å². The summed E-state index contributed by atoms with van der Waals surface area (Å²) in [7, 11) is 1.10. The smallest absolute Gasteiger partial charge is 0.406 e. The molecule has 2 fully saturated rings. The van der Waals surface area contributed by atoms with E-state index in [9.17, 15) is 4.57 Å². The third-order valence-electron chi connectivity index (χ3n) is 4.99. The Hall–Kier alpha value is -1.15. The number of hydrogen-bond donors (Lipinski definition) is 2. The number of nitrogens with two attached hydrogens (primary N) is 1. The summed E-state index contributed by atoms with van der Waals surface area (Å²) < 4.78 is 52.9. The van der Waals surface area contributed by atoms with Crippen molar-refractivity contribution >= 4 is 46.4 Å². The van der Waals surface area contributed by atoms with Crippen molar-refractivity contribution in [2.24, 2.45) is 0 Å². The van der Waals surface area contributed by atoms with Gasteiger partial charge >= 0.3 is 7.75 Å². The molecule has 15 heteroatoms. The van der Waals surface area contributed by atoms with Crippen molar-refractivity contribution in [3.05, 3.63) is 6.33 Å². The van der Waals surface area contributed by atoms with Crippen molar-refractivity contribution < 1.29 is 27.5 Å². The Morgan fingerprint density at radius 2 is 2.21 bits per heavy atom. The quantitative estimate of drug-likeness (QED) is 0.314. The van der Waals surface area contributed by atoms with Crippen LogP contribution in [-0.2, 0) is 18.3 Å². The zero-order valence-electron chi connectivity index (χ0n) is 19.0. The van der Waals surface area contributed by atoms with Gasteiger partial charge in [-0.1, -0.05) is 42.4 Å². The predicted molar refractivity (Wildman–Crippen MR) is 126 cm³/mol. The number of alkyl halides is 1. The van der Waals surface area contributed by atoms with E-state index in [1.165, 1.54) is 24.9 Å². The minimum atomic E-state index is -3.70. The maximum absolute atomic E-state index is 16.1. The maximum Gasteiger partial charge on any atom is 0.406 e. The number of rotatable bonds is 7. The van der Waals surface area contributed by atoms with E-state index in [4.69, 9.17) is 24.3 Å². The molecule has 4 rings (SSSR count). The van der Waals surface area contributed by atoms with Crippen molar-refractivity contribution in [1.82, 2.24) is 24.6 Å². The first kappa shape index (κ1) is 25.0. The van der Waals surface area contributed by atoms with E-state index in [1.807, 2.05) is 0 Å². The van der Waals surface area contributed by atoms with E-state index in [2.05, 4.69) is 40.8 Å². The van der Waals surface area contributed by atoms with Gasteiger partial charge in [-0.3, -0.25) is 13.6 Å². The molecule has 0 bridgehead atoms. The molecule has 33 heavy (non-hydrogen) atoms. The standard InChI is InChI=1S/C18H28FN6O5PS2/c1-17(2,3)33-32-7-6-22-31(26)28-8-10-12(30-31)18(4,19)15(29-10)25-9-21-11-13(25)23-16(20)24-14(11)27-5/h9-10,12,15H,6-8H2,1-5H3,(H,22,26)(H2,20,23,24)/t10-,12-,15-,18-,31?/m1/s1. The number of nitrogen functional groups attached to an aromatic ring is 1. The summed E-state index contributed by atoms with van der Waals surface area (Å²) >= 11 is 0. The van der Waals surface area contributed by atoms with Crippen LogP contribution >= 0.6 is 29.3 Å². The zero-order chi connectivity index (χ0) is 24.0. The average molecular weight is 523 g/mol. The summed E-state index contributed by atoms with van der Waals surface area (Å²) in [5, 5.41) is 2.82. The lowest BCUT2D eigenvalue weighted by Crippen LogP contribution is -2.46. The molecule has 11 nitrogen and oxygen atoms in total. The first-order chi connectivity index (χ1) is 15.4. The Balaban J connectivity index is 1.48. The van der Waals surface area contributed by atoms with E-state index in [0.29, 0.717) is 17.8 Å². The molecule has 0 spiro atoms. The lowest BCUT2D eigenvalue weighted by molar-refractivity contribution is -0.0607. The van der Waals surface area contributed by atoms with E-state index in [0.717, 1.165) is 0 Å². The number of imidazole rings is 1. The monoisotopic (exact) mass is 522 g/mol. The molecule has 0 radical (unpaired) electrons. The molecule has 2 aromatic heterocycles. The first-order valence-electron chi connectivity index (χ1n) is 10.3.